The van der Waals surface area contributed by atoms with Crippen LogP contribution in [-0.4, -0.2) is 29.3 Å². The number of hydrogen-bond acceptors (Lipinski definition) is 2. The maximum atomic E-state index is 13.0. The maximum absolute atomic E-state index is 13.0. The first kappa shape index (κ1) is 21.2. The Kier molecular flexibility index (Phi) is 8.04. The molecule has 0 spiro atoms. The van der Waals surface area contributed by atoms with Gasteiger partial charge in [-0.25, -0.2) is 0 Å². The van der Waals surface area contributed by atoms with Crippen LogP contribution in [0.25, 0.3) is 0 Å². The van der Waals surface area contributed by atoms with Crippen molar-refractivity contribution in [2.45, 2.75) is 39.8 Å². The molecule has 0 saturated heterocycles. The van der Waals surface area contributed by atoms with Crippen LogP contribution in [0.4, 0.5) is 0 Å². The Hall–Kier alpha value is -2.14. The minimum absolute atomic E-state index is 0.0617. The number of hydrogen-bond donors (Lipinski definition) is 1. The van der Waals surface area contributed by atoms with Crippen LogP contribution in [0, 0.1) is 5.92 Å². The summed E-state index contributed by atoms with van der Waals surface area (Å²) in [5.41, 5.74) is 1.92. The van der Waals surface area contributed by atoms with Crippen LogP contribution < -0.4 is 5.32 Å². The summed E-state index contributed by atoms with van der Waals surface area (Å²) in [5.74, 6) is 0.174. The molecule has 1 N–H and O–H groups in total. The first-order valence-electron chi connectivity index (χ1n) is 9.22. The molecule has 27 heavy (non-hydrogen) atoms. The fourth-order valence-electron chi connectivity index (χ4n) is 2.74. The van der Waals surface area contributed by atoms with Gasteiger partial charge in [0, 0.05) is 17.6 Å². The lowest BCUT2D eigenvalue weighted by Crippen LogP contribution is -2.48. The van der Waals surface area contributed by atoms with Gasteiger partial charge >= 0.3 is 0 Å². The molecule has 2 aromatic rings. The number of amides is 2. The van der Waals surface area contributed by atoms with Gasteiger partial charge in [0.2, 0.25) is 11.8 Å². The topological polar surface area (TPSA) is 49.4 Å². The third kappa shape index (κ3) is 6.83. The Labute approximate surface area is 170 Å². The zero-order chi connectivity index (χ0) is 19.8. The standard InChI is InChI=1S/C22H27BrN2O2/c1-16(2)14-24-22(27)17(3)25(15-19-10-7-11-20(23)12-19)21(26)13-18-8-5-4-6-9-18/h4-12,16-17H,13-15H2,1-3H3,(H,24,27). The highest BCUT2D eigenvalue weighted by molar-refractivity contribution is 9.10. The van der Waals surface area contributed by atoms with E-state index in [0.29, 0.717) is 19.0 Å². The average Bonchev–Trinajstić information content (AvgIpc) is 2.64. The van der Waals surface area contributed by atoms with Crippen molar-refractivity contribution in [2.24, 2.45) is 5.92 Å². The predicted molar refractivity (Wildman–Crippen MR) is 112 cm³/mol. The van der Waals surface area contributed by atoms with Gasteiger partial charge in [0.15, 0.2) is 0 Å². The van der Waals surface area contributed by atoms with Crippen molar-refractivity contribution < 1.29 is 9.59 Å². The summed E-state index contributed by atoms with van der Waals surface area (Å²) in [6.45, 7) is 6.87. The molecular formula is C22H27BrN2O2. The van der Waals surface area contributed by atoms with Crippen molar-refractivity contribution in [3.63, 3.8) is 0 Å². The minimum atomic E-state index is -0.543. The SMILES string of the molecule is CC(C)CNC(=O)C(C)N(Cc1cccc(Br)c1)C(=O)Cc1ccccc1. The summed E-state index contributed by atoms with van der Waals surface area (Å²) < 4.78 is 0.951. The Morgan fingerprint density at radius 1 is 1.00 bits per heavy atom. The number of carbonyl (C=O) groups is 2. The first-order valence-corrected chi connectivity index (χ1v) is 10.0. The van der Waals surface area contributed by atoms with E-state index in [1.807, 2.05) is 68.4 Å². The summed E-state index contributed by atoms with van der Waals surface area (Å²) in [7, 11) is 0. The Morgan fingerprint density at radius 3 is 2.30 bits per heavy atom. The van der Waals surface area contributed by atoms with Gasteiger partial charge in [0.25, 0.3) is 0 Å². The maximum Gasteiger partial charge on any atom is 0.242 e. The summed E-state index contributed by atoms with van der Waals surface area (Å²) in [6.07, 6.45) is 0.274. The second kappa shape index (κ2) is 10.3. The van der Waals surface area contributed by atoms with Crippen LogP contribution in [0.15, 0.2) is 59.1 Å². The van der Waals surface area contributed by atoms with Crippen LogP contribution in [0.3, 0.4) is 0 Å². The van der Waals surface area contributed by atoms with Crippen LogP contribution >= 0.6 is 15.9 Å². The molecule has 5 heteroatoms. The van der Waals surface area contributed by atoms with E-state index >= 15 is 0 Å². The van der Waals surface area contributed by atoms with E-state index in [4.69, 9.17) is 0 Å². The molecule has 4 nitrogen and oxygen atoms in total. The van der Waals surface area contributed by atoms with Crippen molar-refractivity contribution in [3.05, 3.63) is 70.2 Å². The Balaban J connectivity index is 2.18. The molecule has 0 radical (unpaired) electrons. The fraction of sp³-hybridized carbons (Fsp3) is 0.364. The monoisotopic (exact) mass is 430 g/mol. The van der Waals surface area contributed by atoms with Crippen molar-refractivity contribution in [1.82, 2.24) is 10.2 Å². The number of nitrogens with one attached hydrogen (secondary N) is 1. The van der Waals surface area contributed by atoms with Crippen molar-refractivity contribution in [1.29, 1.82) is 0 Å². The second-order valence-corrected chi connectivity index (χ2v) is 8.04. The highest BCUT2D eigenvalue weighted by Gasteiger charge is 2.26. The number of benzene rings is 2. The molecule has 0 fully saturated rings. The molecule has 0 aromatic heterocycles. The fourth-order valence-corrected chi connectivity index (χ4v) is 3.19. The van der Waals surface area contributed by atoms with Crippen LogP contribution in [0.2, 0.25) is 0 Å². The largest absolute Gasteiger partial charge is 0.354 e. The predicted octanol–water partition coefficient (Wildman–Crippen LogP) is 4.18. The summed E-state index contributed by atoms with van der Waals surface area (Å²) in [5, 5.41) is 2.94. The highest BCUT2D eigenvalue weighted by atomic mass is 79.9. The Morgan fingerprint density at radius 2 is 1.67 bits per heavy atom. The lowest BCUT2D eigenvalue weighted by atomic mass is 10.1. The highest BCUT2D eigenvalue weighted by Crippen LogP contribution is 2.16. The van der Waals surface area contributed by atoms with Crippen molar-refractivity contribution in [3.8, 4) is 0 Å². The number of halogens is 1. The molecule has 0 aliphatic heterocycles. The van der Waals surface area contributed by atoms with Gasteiger partial charge in [-0.15, -0.1) is 0 Å². The normalized spacial score (nSPS) is 11.9. The van der Waals surface area contributed by atoms with E-state index in [2.05, 4.69) is 21.2 Å². The van der Waals surface area contributed by atoms with Crippen LogP contribution in [0.5, 0.6) is 0 Å². The third-order valence-corrected chi connectivity index (χ3v) is 4.79. The van der Waals surface area contributed by atoms with Gasteiger partial charge in [-0.05, 0) is 36.1 Å². The zero-order valence-corrected chi connectivity index (χ0v) is 17.7. The van der Waals surface area contributed by atoms with Gasteiger partial charge in [0.1, 0.15) is 6.04 Å². The molecule has 144 valence electrons. The van der Waals surface area contributed by atoms with Crippen molar-refractivity contribution >= 4 is 27.7 Å². The Bertz CT molecular complexity index is 762. The lowest BCUT2D eigenvalue weighted by Gasteiger charge is -2.29. The van der Waals surface area contributed by atoms with Gasteiger partial charge in [-0.2, -0.15) is 0 Å². The molecule has 2 rings (SSSR count). The molecule has 0 saturated carbocycles. The summed E-state index contributed by atoms with van der Waals surface area (Å²) in [4.78, 5) is 27.3. The second-order valence-electron chi connectivity index (χ2n) is 7.13. The van der Waals surface area contributed by atoms with E-state index in [1.54, 1.807) is 11.8 Å². The number of rotatable bonds is 8. The lowest BCUT2D eigenvalue weighted by molar-refractivity contribution is -0.140. The van der Waals surface area contributed by atoms with E-state index in [-0.39, 0.29) is 18.2 Å². The van der Waals surface area contributed by atoms with Crippen LogP contribution in [-0.2, 0) is 22.6 Å². The average molecular weight is 431 g/mol. The van der Waals surface area contributed by atoms with E-state index in [1.165, 1.54) is 0 Å². The molecule has 0 aliphatic carbocycles. The van der Waals surface area contributed by atoms with Gasteiger partial charge in [0.05, 0.1) is 6.42 Å². The van der Waals surface area contributed by atoms with Gasteiger partial charge in [-0.3, -0.25) is 9.59 Å². The smallest absolute Gasteiger partial charge is 0.242 e. The van der Waals surface area contributed by atoms with Crippen molar-refractivity contribution in [2.75, 3.05) is 6.54 Å². The number of nitrogens with zero attached hydrogens (tertiary/aromatic N) is 1. The molecule has 2 amide bonds. The van der Waals surface area contributed by atoms with Gasteiger partial charge < -0.3 is 10.2 Å². The number of carbonyl (C=O) groups excluding carboxylic acids is 2. The van der Waals surface area contributed by atoms with Crippen LogP contribution in [0.1, 0.15) is 31.9 Å². The van der Waals surface area contributed by atoms with E-state index < -0.39 is 6.04 Å². The third-order valence-electron chi connectivity index (χ3n) is 4.29. The first-order chi connectivity index (χ1) is 12.9. The van der Waals surface area contributed by atoms with E-state index in [0.717, 1.165) is 15.6 Å². The molecule has 0 aliphatic rings. The molecule has 1 atom stereocenters. The minimum Gasteiger partial charge on any atom is -0.354 e. The quantitative estimate of drug-likeness (QED) is 0.682. The van der Waals surface area contributed by atoms with E-state index in [9.17, 15) is 9.59 Å². The molecular weight excluding hydrogens is 404 g/mol. The molecule has 0 heterocycles. The zero-order valence-electron chi connectivity index (χ0n) is 16.1. The van der Waals surface area contributed by atoms with Gasteiger partial charge in [-0.1, -0.05) is 72.2 Å². The summed E-state index contributed by atoms with van der Waals surface area (Å²) >= 11 is 3.47. The summed E-state index contributed by atoms with van der Waals surface area (Å²) in [6, 6.07) is 16.9. The molecule has 2 aromatic carbocycles. The molecule has 1 unspecified atom stereocenters. The molecule has 0 bridgehead atoms.